The van der Waals surface area contributed by atoms with Crippen LogP contribution in [0.5, 0.6) is 0 Å². The van der Waals surface area contributed by atoms with Crippen LogP contribution in [0, 0.1) is 23.0 Å². The summed E-state index contributed by atoms with van der Waals surface area (Å²) in [5.74, 6) is 1.43. The Morgan fingerprint density at radius 1 is 0.972 bits per heavy atom. The molecule has 6 nitrogen and oxygen atoms in total. The first kappa shape index (κ1) is 26.0. The van der Waals surface area contributed by atoms with Crippen LogP contribution in [0.2, 0.25) is 5.04 Å². The first-order chi connectivity index (χ1) is 17.2. The van der Waals surface area contributed by atoms with Crippen molar-refractivity contribution in [3.8, 4) is 0 Å². The van der Waals surface area contributed by atoms with Gasteiger partial charge in [0.05, 0.1) is 4.92 Å². The first-order valence-corrected chi connectivity index (χ1v) is 14.7. The Morgan fingerprint density at radius 2 is 1.53 bits per heavy atom. The van der Waals surface area contributed by atoms with E-state index in [1.165, 1.54) is 10.4 Å². The minimum absolute atomic E-state index is 0.0154. The molecule has 0 bridgehead atoms. The molecule has 3 aromatic rings. The molecule has 0 spiro atoms. The summed E-state index contributed by atoms with van der Waals surface area (Å²) in [5, 5.41) is 13.7. The molecule has 2 aromatic carbocycles. The fraction of sp³-hybridized carbons (Fsp3) is 0.414. The van der Waals surface area contributed by atoms with Crippen LogP contribution in [0.1, 0.15) is 45.7 Å². The molecule has 1 aliphatic rings. The van der Waals surface area contributed by atoms with Crippen molar-refractivity contribution in [2.75, 3.05) is 24.6 Å². The molecular formula is C29H37N3O3Si. The number of rotatable bonds is 8. The zero-order valence-corrected chi connectivity index (χ0v) is 22.8. The van der Waals surface area contributed by atoms with E-state index in [4.69, 9.17) is 4.43 Å². The van der Waals surface area contributed by atoms with Crippen molar-refractivity contribution in [1.29, 1.82) is 0 Å². The summed E-state index contributed by atoms with van der Waals surface area (Å²) in [6, 6.07) is 24.9. The number of nitro groups is 1. The molecule has 2 heterocycles. The molecule has 190 valence electrons. The Morgan fingerprint density at radius 3 is 2.00 bits per heavy atom. The lowest BCUT2D eigenvalue weighted by Gasteiger charge is -2.43. The molecule has 0 radical (unpaired) electrons. The van der Waals surface area contributed by atoms with Crippen LogP contribution >= 0.6 is 0 Å². The minimum Gasteiger partial charge on any atom is -0.407 e. The van der Waals surface area contributed by atoms with Crippen LogP contribution in [-0.2, 0) is 4.43 Å². The highest BCUT2D eigenvalue weighted by atomic mass is 28.4. The summed E-state index contributed by atoms with van der Waals surface area (Å²) in [6.45, 7) is 11.2. The molecule has 36 heavy (non-hydrogen) atoms. The highest BCUT2D eigenvalue weighted by Gasteiger charge is 2.50. The molecule has 0 amide bonds. The average molecular weight is 504 g/mol. The van der Waals surface area contributed by atoms with Crippen LogP contribution in [0.25, 0.3) is 0 Å². The predicted octanol–water partition coefficient (Wildman–Crippen LogP) is 5.48. The Hall–Kier alpha value is -3.03. The molecule has 1 aliphatic heterocycles. The van der Waals surface area contributed by atoms with Crippen molar-refractivity contribution in [1.82, 2.24) is 4.98 Å². The summed E-state index contributed by atoms with van der Waals surface area (Å²) in [4.78, 5) is 17.5. The van der Waals surface area contributed by atoms with Crippen molar-refractivity contribution < 1.29 is 9.35 Å². The van der Waals surface area contributed by atoms with Crippen LogP contribution in [0.3, 0.4) is 0 Å². The van der Waals surface area contributed by atoms with Crippen molar-refractivity contribution in [2.45, 2.75) is 52.0 Å². The van der Waals surface area contributed by atoms with Crippen LogP contribution < -0.4 is 15.3 Å². The number of hydrogen-bond donors (Lipinski definition) is 0. The second kappa shape index (κ2) is 10.9. The van der Waals surface area contributed by atoms with Crippen LogP contribution in [0.4, 0.5) is 11.5 Å². The summed E-state index contributed by atoms with van der Waals surface area (Å²) in [5.41, 5.74) is 0.549. The van der Waals surface area contributed by atoms with E-state index in [2.05, 4.69) is 91.3 Å². The number of nitrogens with zero attached hydrogens (tertiary/aromatic N) is 3. The Bertz CT molecular complexity index is 1120. The van der Waals surface area contributed by atoms with Gasteiger partial charge in [-0.25, -0.2) is 4.98 Å². The third kappa shape index (κ3) is 5.37. The zero-order chi connectivity index (χ0) is 25.8. The quantitative estimate of drug-likeness (QED) is 0.231. The van der Waals surface area contributed by atoms with E-state index in [9.17, 15) is 10.1 Å². The second-order valence-corrected chi connectivity index (χ2v) is 15.1. The summed E-state index contributed by atoms with van der Waals surface area (Å²) >= 11 is 0. The molecule has 0 unspecified atom stereocenters. The van der Waals surface area contributed by atoms with Gasteiger partial charge in [0, 0.05) is 25.8 Å². The van der Waals surface area contributed by atoms with E-state index in [0.717, 1.165) is 44.8 Å². The van der Waals surface area contributed by atoms with Gasteiger partial charge in [0.2, 0.25) is 0 Å². The molecule has 7 heteroatoms. The second-order valence-electron chi connectivity index (χ2n) is 10.8. The molecule has 1 saturated heterocycles. The maximum absolute atomic E-state index is 11.1. The van der Waals surface area contributed by atoms with Crippen molar-refractivity contribution >= 4 is 30.2 Å². The maximum Gasteiger partial charge on any atom is 0.290 e. The molecule has 0 atom stereocenters. The largest absolute Gasteiger partial charge is 0.407 e. The molecule has 0 N–H and O–H groups in total. The molecule has 0 saturated carbocycles. The Balaban J connectivity index is 1.44. The number of piperidine rings is 1. The lowest BCUT2D eigenvalue weighted by Crippen LogP contribution is -2.66. The minimum atomic E-state index is -2.50. The molecular weight excluding hydrogens is 466 g/mol. The van der Waals surface area contributed by atoms with Gasteiger partial charge in [-0.05, 0) is 53.6 Å². The van der Waals surface area contributed by atoms with Gasteiger partial charge >= 0.3 is 0 Å². The SMILES string of the molecule is Cc1nc(N2CCC(CCO[Si](c3ccccc3)(c3ccccc3)C(C)(C)C)CC2)ccc1[N+](=O)[O-]. The molecule has 4 rings (SSSR count). The van der Waals surface area contributed by atoms with Gasteiger partial charge in [0.1, 0.15) is 11.5 Å². The highest BCUT2D eigenvalue weighted by molar-refractivity contribution is 6.99. The van der Waals surface area contributed by atoms with Gasteiger partial charge in [0.25, 0.3) is 14.0 Å². The van der Waals surface area contributed by atoms with Crippen LogP contribution in [0.15, 0.2) is 72.8 Å². The van der Waals surface area contributed by atoms with E-state index < -0.39 is 8.32 Å². The van der Waals surface area contributed by atoms with E-state index >= 15 is 0 Å². The monoisotopic (exact) mass is 503 g/mol. The average Bonchev–Trinajstić information content (AvgIpc) is 2.87. The third-order valence-electron chi connectivity index (χ3n) is 7.44. The standard InChI is InChI=1S/C29H37N3O3Si/c1-23-27(32(33)34)15-16-28(30-23)31-20-17-24(18-21-31)19-22-35-36(29(2,3)4,25-11-7-5-8-12-25)26-13-9-6-10-14-26/h5-16,24H,17-22H2,1-4H3. The lowest BCUT2D eigenvalue weighted by atomic mass is 9.94. The number of aromatic nitrogens is 1. The van der Waals surface area contributed by atoms with Gasteiger partial charge < -0.3 is 9.33 Å². The topological polar surface area (TPSA) is 68.5 Å². The molecule has 0 aliphatic carbocycles. The fourth-order valence-corrected chi connectivity index (χ4v) is 10.1. The Kier molecular flexibility index (Phi) is 7.90. The summed E-state index contributed by atoms with van der Waals surface area (Å²) < 4.78 is 7.08. The number of anilines is 1. The van der Waals surface area contributed by atoms with E-state index in [0.29, 0.717) is 11.6 Å². The highest BCUT2D eigenvalue weighted by Crippen LogP contribution is 2.37. The van der Waals surface area contributed by atoms with E-state index in [1.807, 2.05) is 0 Å². The van der Waals surface area contributed by atoms with Crippen molar-refractivity contribution in [3.63, 3.8) is 0 Å². The lowest BCUT2D eigenvalue weighted by molar-refractivity contribution is -0.385. The number of pyridine rings is 1. The Labute approximate surface area is 215 Å². The van der Waals surface area contributed by atoms with Gasteiger partial charge in [0.15, 0.2) is 0 Å². The van der Waals surface area contributed by atoms with Crippen LogP contribution in [-0.4, -0.2) is 37.9 Å². The molecule has 1 fully saturated rings. The number of aryl methyl sites for hydroxylation is 1. The third-order valence-corrected chi connectivity index (χ3v) is 12.5. The van der Waals surface area contributed by atoms with Gasteiger partial charge in [-0.15, -0.1) is 0 Å². The van der Waals surface area contributed by atoms with Crippen molar-refractivity contribution in [3.05, 3.63) is 88.6 Å². The predicted molar refractivity (Wildman–Crippen MR) is 149 cm³/mol. The smallest absolute Gasteiger partial charge is 0.290 e. The number of hydrogen-bond acceptors (Lipinski definition) is 5. The van der Waals surface area contributed by atoms with E-state index in [1.54, 1.807) is 19.1 Å². The van der Waals surface area contributed by atoms with E-state index in [-0.39, 0.29) is 15.6 Å². The maximum atomic E-state index is 11.1. The van der Waals surface area contributed by atoms with Gasteiger partial charge in [-0.2, -0.15) is 0 Å². The summed E-state index contributed by atoms with van der Waals surface area (Å²) in [6.07, 6.45) is 3.18. The first-order valence-electron chi connectivity index (χ1n) is 12.8. The summed E-state index contributed by atoms with van der Waals surface area (Å²) in [7, 11) is -2.50. The normalized spacial score (nSPS) is 15.2. The van der Waals surface area contributed by atoms with Gasteiger partial charge in [-0.1, -0.05) is 81.4 Å². The zero-order valence-electron chi connectivity index (χ0n) is 21.8. The van der Waals surface area contributed by atoms with Gasteiger partial charge in [-0.3, -0.25) is 10.1 Å². The molecule has 1 aromatic heterocycles. The van der Waals surface area contributed by atoms with Crippen molar-refractivity contribution in [2.24, 2.45) is 5.92 Å². The number of benzene rings is 2. The fourth-order valence-electron chi connectivity index (χ4n) is 5.50.